The van der Waals surface area contributed by atoms with Crippen molar-refractivity contribution in [3.8, 4) is 6.07 Å². The molecule has 0 fully saturated rings. The number of benzene rings is 1. The van der Waals surface area contributed by atoms with Gasteiger partial charge in [-0.1, -0.05) is 20.8 Å². The molecular weight excluding hydrogens is 215 g/mol. The Morgan fingerprint density at radius 1 is 1.35 bits per heavy atom. The summed E-state index contributed by atoms with van der Waals surface area (Å²) in [7, 11) is 0. The monoisotopic (exact) mass is 234 g/mol. The van der Waals surface area contributed by atoms with Crippen molar-refractivity contribution in [2.75, 3.05) is 11.9 Å². The summed E-state index contributed by atoms with van der Waals surface area (Å²) in [5, 5.41) is 12.0. The molecule has 0 bridgehead atoms. The van der Waals surface area contributed by atoms with Crippen LogP contribution in [0.5, 0.6) is 0 Å². The Kier molecular flexibility index (Phi) is 4.11. The molecule has 0 heterocycles. The fourth-order valence-corrected chi connectivity index (χ4v) is 1.50. The molecule has 0 aromatic heterocycles. The smallest absolute Gasteiger partial charge is 0.129 e. The highest BCUT2D eigenvalue weighted by molar-refractivity contribution is 5.55. The van der Waals surface area contributed by atoms with Gasteiger partial charge in [0.05, 0.1) is 11.6 Å². The second-order valence-electron chi connectivity index (χ2n) is 5.48. The van der Waals surface area contributed by atoms with Crippen LogP contribution in [0.3, 0.4) is 0 Å². The standard InChI is InChI=1S/C14H19FN2/c1-10-12(15)7-11(9-16)8-13(10)17-6-5-14(2,3)4/h7-8,17H,5-6H2,1-4H3. The van der Waals surface area contributed by atoms with Crippen LogP contribution < -0.4 is 5.32 Å². The lowest BCUT2D eigenvalue weighted by Gasteiger charge is -2.19. The van der Waals surface area contributed by atoms with E-state index in [1.165, 1.54) is 6.07 Å². The van der Waals surface area contributed by atoms with Crippen LogP contribution in [0.15, 0.2) is 12.1 Å². The van der Waals surface area contributed by atoms with Crippen LogP contribution >= 0.6 is 0 Å². The summed E-state index contributed by atoms with van der Waals surface area (Å²) in [5.41, 5.74) is 1.88. The Labute approximate surface area is 102 Å². The number of rotatable bonds is 3. The van der Waals surface area contributed by atoms with E-state index in [9.17, 15) is 4.39 Å². The van der Waals surface area contributed by atoms with E-state index in [4.69, 9.17) is 5.26 Å². The minimum absolute atomic E-state index is 0.242. The molecule has 1 aromatic rings. The maximum Gasteiger partial charge on any atom is 0.129 e. The molecule has 0 amide bonds. The van der Waals surface area contributed by atoms with Gasteiger partial charge in [-0.05, 0) is 30.9 Å². The van der Waals surface area contributed by atoms with Crippen LogP contribution in [0.1, 0.15) is 38.3 Å². The van der Waals surface area contributed by atoms with Gasteiger partial charge in [0, 0.05) is 17.8 Å². The molecule has 3 heteroatoms. The first kappa shape index (κ1) is 13.5. The van der Waals surface area contributed by atoms with Gasteiger partial charge in [0.1, 0.15) is 5.82 Å². The van der Waals surface area contributed by atoms with Gasteiger partial charge in [-0.3, -0.25) is 0 Å². The third kappa shape index (κ3) is 4.07. The van der Waals surface area contributed by atoms with Gasteiger partial charge in [-0.25, -0.2) is 4.39 Å². The van der Waals surface area contributed by atoms with Crippen molar-refractivity contribution in [1.29, 1.82) is 5.26 Å². The minimum Gasteiger partial charge on any atom is -0.385 e. The fourth-order valence-electron chi connectivity index (χ4n) is 1.50. The molecule has 0 aliphatic rings. The van der Waals surface area contributed by atoms with Gasteiger partial charge in [0.2, 0.25) is 0 Å². The summed E-state index contributed by atoms with van der Waals surface area (Å²) in [6, 6.07) is 4.93. The molecule has 17 heavy (non-hydrogen) atoms. The summed E-state index contributed by atoms with van der Waals surface area (Å²) in [6.07, 6.45) is 0.991. The second kappa shape index (κ2) is 5.18. The average molecular weight is 234 g/mol. The normalized spacial score (nSPS) is 11.1. The van der Waals surface area contributed by atoms with Gasteiger partial charge >= 0.3 is 0 Å². The van der Waals surface area contributed by atoms with Crippen molar-refractivity contribution in [3.63, 3.8) is 0 Å². The summed E-state index contributed by atoms with van der Waals surface area (Å²) in [4.78, 5) is 0. The van der Waals surface area contributed by atoms with Crippen LogP contribution in [0.4, 0.5) is 10.1 Å². The molecule has 0 atom stereocenters. The quantitative estimate of drug-likeness (QED) is 0.862. The summed E-state index contributed by atoms with van der Waals surface area (Å²) in [5.74, 6) is -0.331. The first-order chi connectivity index (χ1) is 7.83. The molecule has 1 rings (SSSR count). The van der Waals surface area contributed by atoms with Crippen molar-refractivity contribution >= 4 is 5.69 Å². The highest BCUT2D eigenvalue weighted by atomic mass is 19.1. The molecule has 0 aliphatic heterocycles. The zero-order valence-electron chi connectivity index (χ0n) is 10.9. The molecule has 1 aromatic carbocycles. The lowest BCUT2D eigenvalue weighted by molar-refractivity contribution is 0.389. The van der Waals surface area contributed by atoms with E-state index in [1.807, 2.05) is 6.07 Å². The lowest BCUT2D eigenvalue weighted by Crippen LogP contribution is -2.13. The largest absolute Gasteiger partial charge is 0.385 e. The summed E-state index contributed by atoms with van der Waals surface area (Å²) >= 11 is 0. The number of nitrogens with one attached hydrogen (secondary N) is 1. The Morgan fingerprint density at radius 3 is 2.53 bits per heavy atom. The lowest BCUT2D eigenvalue weighted by atomic mass is 9.92. The Bertz CT molecular complexity index is 439. The minimum atomic E-state index is -0.331. The molecule has 0 saturated heterocycles. The van der Waals surface area contributed by atoms with Gasteiger partial charge in [0.15, 0.2) is 0 Å². The zero-order valence-corrected chi connectivity index (χ0v) is 10.9. The molecule has 0 radical (unpaired) electrons. The molecular formula is C14H19FN2. The van der Waals surface area contributed by atoms with Crippen LogP contribution in [-0.4, -0.2) is 6.54 Å². The average Bonchev–Trinajstić information content (AvgIpc) is 2.22. The van der Waals surface area contributed by atoms with Crippen LogP contribution in [0, 0.1) is 29.5 Å². The number of nitriles is 1. The van der Waals surface area contributed by atoms with E-state index < -0.39 is 0 Å². The van der Waals surface area contributed by atoms with Gasteiger partial charge in [-0.2, -0.15) is 5.26 Å². The Hall–Kier alpha value is -1.56. The molecule has 2 nitrogen and oxygen atoms in total. The van der Waals surface area contributed by atoms with Gasteiger partial charge < -0.3 is 5.32 Å². The van der Waals surface area contributed by atoms with Gasteiger partial charge in [0.25, 0.3) is 0 Å². The number of anilines is 1. The van der Waals surface area contributed by atoms with Crippen LogP contribution in [-0.2, 0) is 0 Å². The van der Waals surface area contributed by atoms with Gasteiger partial charge in [-0.15, -0.1) is 0 Å². The highest BCUT2D eigenvalue weighted by Crippen LogP contribution is 2.22. The summed E-state index contributed by atoms with van der Waals surface area (Å²) in [6.45, 7) is 8.98. The number of hydrogen-bond acceptors (Lipinski definition) is 2. The topological polar surface area (TPSA) is 35.8 Å². The second-order valence-corrected chi connectivity index (χ2v) is 5.48. The Balaban J connectivity index is 2.78. The number of halogens is 1. The first-order valence-electron chi connectivity index (χ1n) is 5.77. The van der Waals surface area contributed by atoms with Crippen molar-refractivity contribution in [3.05, 3.63) is 29.1 Å². The van der Waals surface area contributed by atoms with E-state index in [-0.39, 0.29) is 11.2 Å². The molecule has 0 saturated carbocycles. The molecule has 0 aliphatic carbocycles. The molecule has 92 valence electrons. The van der Waals surface area contributed by atoms with Crippen molar-refractivity contribution in [2.24, 2.45) is 5.41 Å². The van der Waals surface area contributed by atoms with E-state index >= 15 is 0 Å². The Morgan fingerprint density at radius 2 is 2.00 bits per heavy atom. The predicted octanol–water partition coefficient (Wildman–Crippen LogP) is 3.85. The van der Waals surface area contributed by atoms with E-state index in [0.29, 0.717) is 16.8 Å². The van der Waals surface area contributed by atoms with E-state index in [2.05, 4.69) is 26.1 Å². The highest BCUT2D eigenvalue weighted by Gasteiger charge is 2.11. The number of hydrogen-bond donors (Lipinski definition) is 1. The number of nitrogens with zero attached hydrogens (tertiary/aromatic N) is 1. The molecule has 0 spiro atoms. The maximum absolute atomic E-state index is 13.5. The first-order valence-corrected chi connectivity index (χ1v) is 5.77. The van der Waals surface area contributed by atoms with Crippen molar-refractivity contribution in [1.82, 2.24) is 0 Å². The maximum atomic E-state index is 13.5. The van der Waals surface area contributed by atoms with Crippen molar-refractivity contribution in [2.45, 2.75) is 34.1 Å². The predicted molar refractivity (Wildman–Crippen MR) is 68.4 cm³/mol. The molecule has 1 N–H and O–H groups in total. The van der Waals surface area contributed by atoms with E-state index in [0.717, 1.165) is 13.0 Å². The third-order valence-corrected chi connectivity index (χ3v) is 2.66. The fraction of sp³-hybridized carbons (Fsp3) is 0.500. The zero-order chi connectivity index (χ0) is 13.1. The molecule has 0 unspecified atom stereocenters. The SMILES string of the molecule is Cc1c(F)cc(C#N)cc1NCCC(C)(C)C. The third-order valence-electron chi connectivity index (χ3n) is 2.66. The summed E-state index contributed by atoms with van der Waals surface area (Å²) < 4.78 is 13.5. The van der Waals surface area contributed by atoms with Crippen LogP contribution in [0.2, 0.25) is 0 Å². The van der Waals surface area contributed by atoms with E-state index in [1.54, 1.807) is 13.0 Å². The van der Waals surface area contributed by atoms with Crippen molar-refractivity contribution < 1.29 is 4.39 Å². The van der Waals surface area contributed by atoms with Crippen LogP contribution in [0.25, 0.3) is 0 Å².